The third-order valence-corrected chi connectivity index (χ3v) is 3.99. The number of carbonyl (C=O) groups excluding carboxylic acids is 1. The molecule has 1 aromatic heterocycles. The van der Waals surface area contributed by atoms with E-state index in [0.29, 0.717) is 12.1 Å². The first-order valence-electron chi connectivity index (χ1n) is 7.33. The third kappa shape index (κ3) is 2.76. The van der Waals surface area contributed by atoms with Gasteiger partial charge in [0.05, 0.1) is 11.2 Å². The lowest BCUT2D eigenvalue weighted by molar-refractivity contribution is -0.132. The molecule has 1 heterocycles. The number of aryl methyl sites for hydroxylation is 1. The van der Waals surface area contributed by atoms with Crippen LogP contribution in [0.1, 0.15) is 31.4 Å². The fraction of sp³-hybridized carbons (Fsp3) is 0.353. The van der Waals surface area contributed by atoms with Crippen LogP contribution >= 0.6 is 0 Å². The first-order chi connectivity index (χ1) is 10.1. The lowest BCUT2D eigenvalue weighted by Gasteiger charge is -2.30. The molecular weight excluding hydrogens is 264 g/mol. The van der Waals surface area contributed by atoms with Crippen LogP contribution in [0.2, 0.25) is 0 Å². The molecule has 1 aliphatic carbocycles. The maximum atomic E-state index is 12.4. The highest BCUT2D eigenvalue weighted by atomic mass is 16.3. The minimum atomic E-state index is -1.36. The van der Waals surface area contributed by atoms with Gasteiger partial charge in [0.1, 0.15) is 5.60 Å². The van der Waals surface area contributed by atoms with Crippen LogP contribution in [0, 0.1) is 13.3 Å². The molecule has 1 aliphatic rings. The number of pyridine rings is 1. The first-order valence-corrected chi connectivity index (χ1v) is 7.33. The third-order valence-electron chi connectivity index (χ3n) is 3.99. The number of hydrogen-bond donors (Lipinski definition) is 2. The molecule has 4 nitrogen and oxygen atoms in total. The van der Waals surface area contributed by atoms with Gasteiger partial charge in [0, 0.05) is 17.5 Å². The van der Waals surface area contributed by atoms with Gasteiger partial charge < -0.3 is 10.4 Å². The molecule has 1 amide bonds. The Labute approximate surface area is 124 Å². The molecule has 0 aliphatic heterocycles. The molecule has 1 atom stereocenters. The average Bonchev–Trinajstić information content (AvgIpc) is 2.48. The summed E-state index contributed by atoms with van der Waals surface area (Å²) < 4.78 is 0. The summed E-state index contributed by atoms with van der Waals surface area (Å²) in [6.45, 7) is 1.92. The zero-order chi connectivity index (χ0) is 14.9. The van der Waals surface area contributed by atoms with Crippen LogP contribution in [-0.4, -0.2) is 21.6 Å². The Kier molecular flexibility index (Phi) is 3.64. The highest BCUT2D eigenvalue weighted by molar-refractivity contribution is 6.04. The van der Waals surface area contributed by atoms with Crippen LogP contribution in [0.15, 0.2) is 30.3 Å². The van der Waals surface area contributed by atoms with Gasteiger partial charge in [-0.1, -0.05) is 31.0 Å². The van der Waals surface area contributed by atoms with Gasteiger partial charge in [0.25, 0.3) is 5.91 Å². The highest BCUT2D eigenvalue weighted by Crippen LogP contribution is 2.29. The average molecular weight is 283 g/mol. The zero-order valence-corrected chi connectivity index (χ0v) is 12.1. The van der Waals surface area contributed by atoms with E-state index in [-0.39, 0.29) is 5.91 Å². The Morgan fingerprint density at radius 1 is 1.29 bits per heavy atom. The minimum absolute atomic E-state index is 0.363. The summed E-state index contributed by atoms with van der Waals surface area (Å²) in [4.78, 5) is 16.9. The molecule has 1 unspecified atom stereocenters. The van der Waals surface area contributed by atoms with Gasteiger partial charge in [-0.05, 0) is 31.9 Å². The number of aromatic nitrogens is 1. The normalized spacial score (nSPS) is 17.6. The van der Waals surface area contributed by atoms with Crippen molar-refractivity contribution < 1.29 is 9.90 Å². The van der Waals surface area contributed by atoms with E-state index in [1.54, 1.807) is 6.42 Å². The SMILES string of the molecule is Cc1ccc2cccc(NC(=O)C3(O)[CH]CCCC3)c2n1. The molecular formula is C17H19N2O2. The predicted molar refractivity (Wildman–Crippen MR) is 82.8 cm³/mol. The van der Waals surface area contributed by atoms with Crippen molar-refractivity contribution in [1.82, 2.24) is 4.98 Å². The summed E-state index contributed by atoms with van der Waals surface area (Å²) in [7, 11) is 0. The molecule has 3 rings (SSSR count). The topological polar surface area (TPSA) is 62.2 Å². The van der Waals surface area contributed by atoms with Crippen LogP contribution < -0.4 is 5.32 Å². The van der Waals surface area contributed by atoms with Crippen molar-refractivity contribution in [2.24, 2.45) is 0 Å². The second kappa shape index (κ2) is 5.45. The zero-order valence-electron chi connectivity index (χ0n) is 12.1. The van der Waals surface area contributed by atoms with Crippen LogP contribution in [-0.2, 0) is 4.79 Å². The number of nitrogens with one attached hydrogen (secondary N) is 1. The Balaban J connectivity index is 1.91. The van der Waals surface area contributed by atoms with Crippen molar-refractivity contribution >= 4 is 22.5 Å². The predicted octanol–water partition coefficient (Wildman–Crippen LogP) is 2.99. The van der Waals surface area contributed by atoms with Crippen molar-refractivity contribution in [2.45, 2.75) is 38.2 Å². The van der Waals surface area contributed by atoms with Gasteiger partial charge in [-0.3, -0.25) is 9.78 Å². The Bertz CT molecular complexity index is 676. The van der Waals surface area contributed by atoms with Gasteiger partial charge in [-0.15, -0.1) is 0 Å². The van der Waals surface area contributed by atoms with Crippen molar-refractivity contribution in [1.29, 1.82) is 0 Å². The molecule has 109 valence electrons. The fourth-order valence-electron chi connectivity index (χ4n) is 2.76. The summed E-state index contributed by atoms with van der Waals surface area (Å²) in [6.07, 6.45) is 4.88. The van der Waals surface area contributed by atoms with Gasteiger partial charge >= 0.3 is 0 Å². The van der Waals surface area contributed by atoms with E-state index in [2.05, 4.69) is 10.3 Å². The molecule has 0 spiro atoms. The van der Waals surface area contributed by atoms with Crippen LogP contribution in [0.3, 0.4) is 0 Å². The number of para-hydroxylation sites is 1. The van der Waals surface area contributed by atoms with E-state index in [0.717, 1.165) is 35.9 Å². The number of aliphatic hydroxyl groups is 1. The molecule has 21 heavy (non-hydrogen) atoms. The molecule has 1 radical (unpaired) electrons. The quantitative estimate of drug-likeness (QED) is 0.890. The summed E-state index contributed by atoms with van der Waals surface area (Å²) in [5.74, 6) is -0.363. The van der Waals surface area contributed by atoms with E-state index < -0.39 is 5.60 Å². The Hall–Kier alpha value is -1.94. The van der Waals surface area contributed by atoms with Gasteiger partial charge in [0.2, 0.25) is 0 Å². The monoisotopic (exact) mass is 283 g/mol. The highest BCUT2D eigenvalue weighted by Gasteiger charge is 2.37. The smallest absolute Gasteiger partial charge is 0.256 e. The van der Waals surface area contributed by atoms with Gasteiger partial charge in [-0.2, -0.15) is 0 Å². The first kappa shape index (κ1) is 14.0. The number of rotatable bonds is 2. The molecule has 1 fully saturated rings. The van der Waals surface area contributed by atoms with Crippen LogP contribution in [0.25, 0.3) is 10.9 Å². The Morgan fingerprint density at radius 2 is 2.14 bits per heavy atom. The standard InChI is InChI=1S/C17H19N2O2/c1-12-8-9-13-6-5-7-14(15(13)18-12)19-16(20)17(21)10-3-2-4-11-17/h5-10,21H,2-4,11H2,1H3,(H,19,20). The summed E-state index contributed by atoms with van der Waals surface area (Å²) >= 11 is 0. The fourth-order valence-corrected chi connectivity index (χ4v) is 2.76. The van der Waals surface area contributed by atoms with E-state index in [4.69, 9.17) is 0 Å². The molecule has 1 saturated carbocycles. The molecule has 2 aromatic rings. The number of amides is 1. The number of fused-ring (bicyclic) bond motifs is 1. The molecule has 0 saturated heterocycles. The van der Waals surface area contributed by atoms with Crippen molar-refractivity contribution in [2.75, 3.05) is 5.32 Å². The maximum absolute atomic E-state index is 12.4. The number of carbonyl (C=O) groups is 1. The second-order valence-electron chi connectivity index (χ2n) is 5.66. The van der Waals surface area contributed by atoms with E-state index in [9.17, 15) is 9.90 Å². The lowest BCUT2D eigenvalue weighted by atomic mass is 9.84. The summed E-state index contributed by atoms with van der Waals surface area (Å²) in [5, 5.41) is 14.2. The molecule has 1 aromatic carbocycles. The Morgan fingerprint density at radius 3 is 2.90 bits per heavy atom. The number of anilines is 1. The van der Waals surface area contributed by atoms with Gasteiger partial charge in [-0.25, -0.2) is 0 Å². The number of nitrogens with zero attached hydrogens (tertiary/aromatic N) is 1. The van der Waals surface area contributed by atoms with Crippen molar-refractivity contribution in [3.8, 4) is 0 Å². The van der Waals surface area contributed by atoms with E-state index in [1.165, 1.54) is 0 Å². The molecule has 0 bridgehead atoms. The summed E-state index contributed by atoms with van der Waals surface area (Å²) in [5.41, 5.74) is 0.940. The second-order valence-corrected chi connectivity index (χ2v) is 5.66. The summed E-state index contributed by atoms with van der Waals surface area (Å²) in [6, 6.07) is 9.58. The van der Waals surface area contributed by atoms with Crippen LogP contribution in [0.5, 0.6) is 0 Å². The largest absolute Gasteiger partial charge is 0.380 e. The minimum Gasteiger partial charge on any atom is -0.380 e. The number of hydrogen-bond acceptors (Lipinski definition) is 3. The van der Waals surface area contributed by atoms with E-state index in [1.807, 2.05) is 37.3 Å². The van der Waals surface area contributed by atoms with Crippen molar-refractivity contribution in [3.63, 3.8) is 0 Å². The van der Waals surface area contributed by atoms with E-state index >= 15 is 0 Å². The molecule has 2 N–H and O–H groups in total. The molecule has 4 heteroatoms. The lowest BCUT2D eigenvalue weighted by Crippen LogP contribution is -2.44. The van der Waals surface area contributed by atoms with Crippen LogP contribution in [0.4, 0.5) is 5.69 Å². The van der Waals surface area contributed by atoms with Crippen molar-refractivity contribution in [3.05, 3.63) is 42.4 Å². The maximum Gasteiger partial charge on any atom is 0.256 e. The number of benzene rings is 1. The van der Waals surface area contributed by atoms with Gasteiger partial charge in [0.15, 0.2) is 0 Å².